The molecular weight excluding hydrogens is 176 g/mol. The van der Waals surface area contributed by atoms with E-state index in [0.29, 0.717) is 12.4 Å². The van der Waals surface area contributed by atoms with E-state index in [4.69, 9.17) is 12.2 Å². The Balaban J connectivity index is 2.77. The smallest absolute Gasteiger partial charge is 0.148 e. The molecule has 1 aromatic heterocycles. The summed E-state index contributed by atoms with van der Waals surface area (Å²) in [5.74, 6) is 3.79. The van der Waals surface area contributed by atoms with Gasteiger partial charge in [-0.25, -0.2) is 9.97 Å². The molecule has 1 heterocycles. The van der Waals surface area contributed by atoms with Crippen molar-refractivity contribution < 1.29 is 0 Å². The van der Waals surface area contributed by atoms with Crippen LogP contribution in [0, 0.1) is 12.3 Å². The maximum atomic E-state index is 5.44. The molecule has 0 spiro atoms. The lowest BCUT2D eigenvalue weighted by atomic mass is 10.4. The molecule has 0 unspecified atom stereocenters. The third-order valence-corrected chi connectivity index (χ3v) is 1.76. The molecule has 0 amide bonds. The van der Waals surface area contributed by atoms with Gasteiger partial charge in [-0.2, -0.15) is 0 Å². The number of nitrogen functional groups attached to an aromatic ring is 1. The SMILES string of the molecule is C#CCN(CCC)c1cnc(N)cn1. The van der Waals surface area contributed by atoms with E-state index in [1.807, 2.05) is 4.90 Å². The Labute approximate surface area is 84.2 Å². The van der Waals surface area contributed by atoms with Gasteiger partial charge in [-0.1, -0.05) is 12.8 Å². The van der Waals surface area contributed by atoms with Gasteiger partial charge >= 0.3 is 0 Å². The molecule has 0 radical (unpaired) electrons. The highest BCUT2D eigenvalue weighted by Gasteiger charge is 2.04. The molecular formula is C10H14N4. The van der Waals surface area contributed by atoms with Crippen LogP contribution >= 0.6 is 0 Å². The summed E-state index contributed by atoms with van der Waals surface area (Å²) in [6.07, 6.45) is 9.46. The topological polar surface area (TPSA) is 55.0 Å². The molecule has 0 aliphatic carbocycles. The van der Waals surface area contributed by atoms with Crippen molar-refractivity contribution in [3.63, 3.8) is 0 Å². The molecule has 4 nitrogen and oxygen atoms in total. The zero-order valence-electron chi connectivity index (χ0n) is 8.27. The standard InChI is InChI=1S/C10H14N4/c1-3-5-14(6-4-2)10-8-12-9(11)7-13-10/h1,7-8H,4-6H2,2H3,(H2,11,12). The van der Waals surface area contributed by atoms with Crippen molar-refractivity contribution in [3.05, 3.63) is 12.4 Å². The van der Waals surface area contributed by atoms with Gasteiger partial charge in [0.1, 0.15) is 11.6 Å². The normalized spacial score (nSPS) is 9.43. The van der Waals surface area contributed by atoms with E-state index in [1.54, 1.807) is 6.20 Å². The molecule has 0 aliphatic heterocycles. The van der Waals surface area contributed by atoms with Crippen molar-refractivity contribution in [1.29, 1.82) is 0 Å². The lowest BCUT2D eigenvalue weighted by Gasteiger charge is -2.19. The van der Waals surface area contributed by atoms with Gasteiger partial charge in [0.05, 0.1) is 18.9 Å². The predicted octanol–water partition coefficient (Wildman–Crippen LogP) is 0.908. The second-order valence-corrected chi connectivity index (χ2v) is 2.93. The number of rotatable bonds is 4. The number of nitrogens with two attached hydrogens (primary N) is 1. The van der Waals surface area contributed by atoms with Gasteiger partial charge in [-0.05, 0) is 6.42 Å². The lowest BCUT2D eigenvalue weighted by Crippen LogP contribution is -2.25. The van der Waals surface area contributed by atoms with Crippen LogP contribution in [0.1, 0.15) is 13.3 Å². The van der Waals surface area contributed by atoms with Crippen molar-refractivity contribution in [2.45, 2.75) is 13.3 Å². The first kappa shape index (κ1) is 10.3. The zero-order chi connectivity index (χ0) is 10.4. The quantitative estimate of drug-likeness (QED) is 0.717. The maximum absolute atomic E-state index is 5.44. The van der Waals surface area contributed by atoms with Crippen LogP contribution in [0.25, 0.3) is 0 Å². The third kappa shape index (κ3) is 2.63. The predicted molar refractivity (Wildman–Crippen MR) is 57.8 cm³/mol. The van der Waals surface area contributed by atoms with Crippen LogP contribution in [0.3, 0.4) is 0 Å². The molecule has 14 heavy (non-hydrogen) atoms. The lowest BCUT2D eigenvalue weighted by molar-refractivity contribution is 0.806. The fourth-order valence-corrected chi connectivity index (χ4v) is 1.15. The number of nitrogens with zero attached hydrogens (tertiary/aromatic N) is 3. The summed E-state index contributed by atoms with van der Waals surface area (Å²) in [6.45, 7) is 3.52. The van der Waals surface area contributed by atoms with E-state index in [9.17, 15) is 0 Å². The van der Waals surface area contributed by atoms with Gasteiger partial charge < -0.3 is 10.6 Å². The summed E-state index contributed by atoms with van der Waals surface area (Å²) >= 11 is 0. The summed E-state index contributed by atoms with van der Waals surface area (Å²) < 4.78 is 0. The second kappa shape index (κ2) is 5.07. The number of hydrogen-bond acceptors (Lipinski definition) is 4. The molecule has 0 aromatic carbocycles. The van der Waals surface area contributed by atoms with E-state index in [1.165, 1.54) is 6.20 Å². The minimum Gasteiger partial charge on any atom is -0.382 e. The first-order chi connectivity index (χ1) is 6.77. The highest BCUT2D eigenvalue weighted by atomic mass is 15.2. The van der Waals surface area contributed by atoms with E-state index in [2.05, 4.69) is 22.8 Å². The Hall–Kier alpha value is -1.76. The monoisotopic (exact) mass is 190 g/mol. The van der Waals surface area contributed by atoms with E-state index in [-0.39, 0.29) is 0 Å². The summed E-state index contributed by atoms with van der Waals surface area (Å²) in [7, 11) is 0. The minimum absolute atomic E-state index is 0.422. The highest BCUT2D eigenvalue weighted by molar-refractivity contribution is 5.40. The van der Waals surface area contributed by atoms with Crippen molar-refractivity contribution in [2.75, 3.05) is 23.7 Å². The molecule has 1 rings (SSSR count). The molecule has 0 atom stereocenters. The van der Waals surface area contributed by atoms with Crippen molar-refractivity contribution >= 4 is 11.6 Å². The first-order valence-electron chi connectivity index (χ1n) is 4.54. The number of terminal acetylenes is 1. The van der Waals surface area contributed by atoms with Crippen molar-refractivity contribution in [1.82, 2.24) is 9.97 Å². The van der Waals surface area contributed by atoms with Crippen LogP contribution in [0.15, 0.2) is 12.4 Å². The molecule has 0 saturated heterocycles. The molecule has 0 saturated carbocycles. The molecule has 1 aromatic rings. The van der Waals surface area contributed by atoms with Crippen LogP contribution in [0.2, 0.25) is 0 Å². The Bertz CT molecular complexity index is 312. The van der Waals surface area contributed by atoms with E-state index < -0.39 is 0 Å². The Kier molecular flexibility index (Phi) is 3.74. The average Bonchev–Trinajstić information content (AvgIpc) is 2.19. The second-order valence-electron chi connectivity index (χ2n) is 2.93. The van der Waals surface area contributed by atoms with Gasteiger partial charge in [-0.15, -0.1) is 6.42 Å². The van der Waals surface area contributed by atoms with E-state index >= 15 is 0 Å². The van der Waals surface area contributed by atoms with Crippen molar-refractivity contribution in [2.24, 2.45) is 0 Å². The third-order valence-electron chi connectivity index (χ3n) is 1.76. The van der Waals surface area contributed by atoms with Gasteiger partial charge in [0.25, 0.3) is 0 Å². The Morgan fingerprint density at radius 2 is 2.29 bits per heavy atom. The zero-order valence-corrected chi connectivity index (χ0v) is 8.27. The van der Waals surface area contributed by atoms with Gasteiger partial charge in [-0.3, -0.25) is 0 Å². The van der Waals surface area contributed by atoms with Crippen LogP contribution in [0.4, 0.5) is 11.6 Å². The minimum atomic E-state index is 0.422. The van der Waals surface area contributed by atoms with Crippen LogP contribution in [-0.2, 0) is 0 Å². The number of anilines is 2. The van der Waals surface area contributed by atoms with Crippen molar-refractivity contribution in [3.8, 4) is 12.3 Å². The first-order valence-corrected chi connectivity index (χ1v) is 4.54. The van der Waals surface area contributed by atoms with E-state index in [0.717, 1.165) is 18.8 Å². The van der Waals surface area contributed by atoms with Gasteiger partial charge in [0, 0.05) is 6.54 Å². The van der Waals surface area contributed by atoms with Gasteiger partial charge in [0.15, 0.2) is 0 Å². The van der Waals surface area contributed by atoms with Crippen LogP contribution in [0.5, 0.6) is 0 Å². The Morgan fingerprint density at radius 3 is 2.79 bits per heavy atom. The summed E-state index contributed by atoms with van der Waals surface area (Å²) in [5, 5.41) is 0. The maximum Gasteiger partial charge on any atom is 0.148 e. The molecule has 0 bridgehead atoms. The molecule has 2 N–H and O–H groups in total. The number of aromatic nitrogens is 2. The average molecular weight is 190 g/mol. The fourth-order valence-electron chi connectivity index (χ4n) is 1.15. The molecule has 74 valence electrons. The fraction of sp³-hybridized carbons (Fsp3) is 0.400. The molecule has 0 fully saturated rings. The molecule has 0 aliphatic rings. The number of hydrogen-bond donors (Lipinski definition) is 1. The van der Waals surface area contributed by atoms with Crippen LogP contribution in [-0.4, -0.2) is 23.1 Å². The summed E-state index contributed by atoms with van der Waals surface area (Å²) in [6, 6.07) is 0. The summed E-state index contributed by atoms with van der Waals surface area (Å²) in [4.78, 5) is 10.1. The highest BCUT2D eigenvalue weighted by Crippen LogP contribution is 2.09. The van der Waals surface area contributed by atoms with Gasteiger partial charge in [0.2, 0.25) is 0 Å². The van der Waals surface area contributed by atoms with Crippen LogP contribution < -0.4 is 10.6 Å². The Morgan fingerprint density at radius 1 is 1.50 bits per heavy atom. The summed E-state index contributed by atoms with van der Waals surface area (Å²) in [5.41, 5.74) is 5.44. The molecule has 4 heteroatoms. The largest absolute Gasteiger partial charge is 0.382 e.